The van der Waals surface area contributed by atoms with Crippen LogP contribution in [0.25, 0.3) is 21.5 Å². The zero-order chi connectivity index (χ0) is 19.8. The summed E-state index contributed by atoms with van der Waals surface area (Å²) in [6.07, 6.45) is 0. The molecule has 1 amide bonds. The van der Waals surface area contributed by atoms with E-state index in [0.717, 1.165) is 15.6 Å². The molecule has 28 heavy (non-hydrogen) atoms. The Balaban J connectivity index is 1.96. The van der Waals surface area contributed by atoms with Gasteiger partial charge in [0.25, 0.3) is 11.5 Å². The van der Waals surface area contributed by atoms with Gasteiger partial charge >= 0.3 is 0 Å². The number of H-pyrrole nitrogens is 1. The predicted octanol–water partition coefficient (Wildman–Crippen LogP) is 2.05. The number of imidazole rings is 1. The van der Waals surface area contributed by atoms with Gasteiger partial charge < -0.3 is 16.5 Å². The molecule has 0 fully saturated rings. The van der Waals surface area contributed by atoms with Crippen LogP contribution in [0.15, 0.2) is 46.6 Å². The molecule has 5 N–H and O–H groups in total. The van der Waals surface area contributed by atoms with Gasteiger partial charge in [0.2, 0.25) is 0 Å². The maximum absolute atomic E-state index is 13.0. The van der Waals surface area contributed by atoms with Crippen LogP contribution in [-0.4, -0.2) is 20.4 Å². The highest BCUT2D eigenvalue weighted by Crippen LogP contribution is 2.32. The van der Waals surface area contributed by atoms with Crippen molar-refractivity contribution < 1.29 is 4.79 Å². The molecular formula is C19H14N6O2S. The smallest absolute Gasteiger partial charge is 0.271 e. The highest BCUT2D eigenvalue weighted by Gasteiger charge is 2.25. The Morgan fingerprint density at radius 1 is 1.29 bits per heavy atom. The van der Waals surface area contributed by atoms with Crippen LogP contribution in [0.3, 0.4) is 0 Å². The molecule has 0 aliphatic rings. The van der Waals surface area contributed by atoms with E-state index < -0.39 is 11.5 Å². The third kappa shape index (κ3) is 2.72. The van der Waals surface area contributed by atoms with Gasteiger partial charge in [0, 0.05) is 10.4 Å². The van der Waals surface area contributed by atoms with Gasteiger partial charge in [0.05, 0.1) is 23.1 Å². The second-order valence-corrected chi connectivity index (χ2v) is 7.00. The molecule has 0 atom stereocenters. The number of hydrogen-bond acceptors (Lipinski definition) is 6. The number of nitriles is 1. The third-order valence-corrected chi connectivity index (χ3v) is 5.27. The molecule has 3 aromatic heterocycles. The molecule has 0 aliphatic carbocycles. The summed E-state index contributed by atoms with van der Waals surface area (Å²) in [5.74, 6) is -0.436. The molecule has 0 unspecified atom stereocenters. The molecule has 0 bridgehead atoms. The lowest BCUT2D eigenvalue weighted by Gasteiger charge is -2.16. The van der Waals surface area contributed by atoms with E-state index in [4.69, 9.17) is 11.5 Å². The van der Waals surface area contributed by atoms with Gasteiger partial charge in [-0.3, -0.25) is 14.2 Å². The van der Waals surface area contributed by atoms with E-state index >= 15 is 0 Å². The number of carbonyl (C=O) groups excluding carboxylic acids is 1. The molecule has 138 valence electrons. The lowest BCUT2D eigenvalue weighted by atomic mass is 10.0. The second-order valence-electron chi connectivity index (χ2n) is 6.06. The van der Waals surface area contributed by atoms with Crippen LogP contribution >= 0.6 is 11.3 Å². The molecule has 4 rings (SSSR count). The van der Waals surface area contributed by atoms with Gasteiger partial charge in [-0.25, -0.2) is 4.98 Å². The first-order valence-electron chi connectivity index (χ1n) is 8.25. The summed E-state index contributed by atoms with van der Waals surface area (Å²) in [6.45, 7) is -0.0287. The molecule has 0 aliphatic heterocycles. The van der Waals surface area contributed by atoms with Crippen molar-refractivity contribution in [2.45, 2.75) is 6.54 Å². The SMILES string of the molecule is N#Cc1c(-c2cccs2)c(C(N)=O)c(N)n(Cc2nc3ccccc3[nH]2)c1=O. The van der Waals surface area contributed by atoms with Crippen molar-refractivity contribution in [2.24, 2.45) is 5.73 Å². The number of primary amides is 1. The minimum atomic E-state index is -0.809. The van der Waals surface area contributed by atoms with Crippen LogP contribution in [0.2, 0.25) is 0 Å². The summed E-state index contributed by atoms with van der Waals surface area (Å²) in [4.78, 5) is 33.3. The van der Waals surface area contributed by atoms with E-state index in [1.165, 1.54) is 11.3 Å². The summed E-state index contributed by atoms with van der Waals surface area (Å²) in [5, 5.41) is 11.4. The fourth-order valence-corrected chi connectivity index (χ4v) is 3.93. The number of nitrogens with one attached hydrogen (secondary N) is 1. The van der Waals surface area contributed by atoms with Crippen molar-refractivity contribution in [1.29, 1.82) is 5.26 Å². The summed E-state index contributed by atoms with van der Waals surface area (Å²) < 4.78 is 1.15. The lowest BCUT2D eigenvalue weighted by molar-refractivity contribution is 0.100. The Hall–Kier alpha value is -3.90. The van der Waals surface area contributed by atoms with Crippen LogP contribution in [0, 0.1) is 11.3 Å². The van der Waals surface area contributed by atoms with E-state index in [0.29, 0.717) is 10.7 Å². The number of pyridine rings is 1. The number of nitrogens with zero attached hydrogens (tertiary/aromatic N) is 3. The average Bonchev–Trinajstić information content (AvgIpc) is 3.33. The van der Waals surface area contributed by atoms with Gasteiger partial charge in [0.1, 0.15) is 23.3 Å². The first-order valence-corrected chi connectivity index (χ1v) is 9.13. The number of aromatic amines is 1. The number of aromatic nitrogens is 3. The van der Waals surface area contributed by atoms with Crippen LogP contribution < -0.4 is 17.0 Å². The monoisotopic (exact) mass is 390 g/mol. The zero-order valence-corrected chi connectivity index (χ0v) is 15.3. The minimum Gasteiger partial charge on any atom is -0.384 e. The molecule has 0 saturated carbocycles. The maximum atomic E-state index is 13.0. The minimum absolute atomic E-state index is 0.0287. The Morgan fingerprint density at radius 3 is 2.71 bits per heavy atom. The van der Waals surface area contributed by atoms with Gasteiger partial charge in [-0.2, -0.15) is 5.26 Å². The second kappa shape index (κ2) is 6.68. The number of fused-ring (bicyclic) bond motifs is 1. The average molecular weight is 390 g/mol. The van der Waals surface area contributed by atoms with Crippen molar-refractivity contribution in [3.8, 4) is 16.5 Å². The molecule has 4 aromatic rings. The van der Waals surface area contributed by atoms with Gasteiger partial charge in [-0.05, 0) is 23.6 Å². The molecule has 3 heterocycles. The number of carbonyl (C=O) groups is 1. The fraction of sp³-hybridized carbons (Fsp3) is 0.0526. The fourth-order valence-electron chi connectivity index (χ4n) is 3.15. The van der Waals surface area contributed by atoms with Crippen LogP contribution in [-0.2, 0) is 6.54 Å². The first kappa shape index (κ1) is 17.5. The Bertz CT molecular complexity index is 1280. The lowest BCUT2D eigenvalue weighted by Crippen LogP contribution is -2.31. The number of amides is 1. The van der Waals surface area contributed by atoms with Gasteiger partial charge in [-0.1, -0.05) is 18.2 Å². The summed E-state index contributed by atoms with van der Waals surface area (Å²) in [7, 11) is 0. The number of benzene rings is 1. The van der Waals surface area contributed by atoms with Crippen molar-refractivity contribution in [3.63, 3.8) is 0 Å². The Morgan fingerprint density at radius 2 is 2.07 bits per heavy atom. The van der Waals surface area contributed by atoms with Crippen LogP contribution in [0.4, 0.5) is 5.82 Å². The summed E-state index contributed by atoms with van der Waals surface area (Å²) >= 11 is 1.29. The topological polar surface area (TPSA) is 144 Å². The third-order valence-electron chi connectivity index (χ3n) is 4.38. The van der Waals surface area contributed by atoms with Crippen molar-refractivity contribution in [3.05, 3.63) is 69.1 Å². The highest BCUT2D eigenvalue weighted by molar-refractivity contribution is 7.13. The number of rotatable bonds is 4. The van der Waals surface area contributed by atoms with E-state index in [1.807, 2.05) is 30.3 Å². The standard InChI is InChI=1S/C19H14N6O2S/c20-8-10-15(13-6-3-7-28-13)16(18(22)26)17(21)25(19(10)27)9-14-23-11-4-1-2-5-12(11)24-14/h1-7H,9,21H2,(H2,22,26)(H,23,24). The van der Waals surface area contributed by atoms with Crippen molar-refractivity contribution in [2.75, 3.05) is 5.73 Å². The van der Waals surface area contributed by atoms with Crippen LogP contribution in [0.5, 0.6) is 0 Å². The number of thiophene rings is 1. The van der Waals surface area contributed by atoms with Gasteiger partial charge in [-0.15, -0.1) is 11.3 Å². The van der Waals surface area contributed by atoms with Crippen LogP contribution in [0.1, 0.15) is 21.7 Å². The number of nitrogen functional groups attached to an aromatic ring is 1. The summed E-state index contributed by atoms with van der Waals surface area (Å²) in [6, 6.07) is 12.8. The quantitative estimate of drug-likeness (QED) is 0.488. The molecular weight excluding hydrogens is 376 g/mol. The molecule has 9 heteroatoms. The van der Waals surface area contributed by atoms with E-state index in [-0.39, 0.29) is 29.1 Å². The number of nitrogens with two attached hydrogens (primary N) is 2. The van der Waals surface area contributed by atoms with Crippen molar-refractivity contribution >= 4 is 34.1 Å². The number of hydrogen-bond donors (Lipinski definition) is 3. The maximum Gasteiger partial charge on any atom is 0.271 e. The number of para-hydroxylation sites is 2. The number of anilines is 1. The normalized spacial score (nSPS) is 10.8. The van der Waals surface area contributed by atoms with E-state index in [1.54, 1.807) is 17.5 Å². The summed E-state index contributed by atoms with van der Waals surface area (Å²) in [5.41, 5.74) is 12.6. The molecule has 8 nitrogen and oxygen atoms in total. The zero-order valence-electron chi connectivity index (χ0n) is 14.5. The van der Waals surface area contributed by atoms with E-state index in [9.17, 15) is 14.9 Å². The Kier molecular flexibility index (Phi) is 4.18. The molecule has 0 spiro atoms. The Labute approximate surface area is 162 Å². The molecule has 0 saturated heterocycles. The molecule has 0 radical (unpaired) electrons. The largest absolute Gasteiger partial charge is 0.384 e. The van der Waals surface area contributed by atoms with Gasteiger partial charge in [0.15, 0.2) is 0 Å². The highest BCUT2D eigenvalue weighted by atomic mass is 32.1. The first-order chi connectivity index (χ1) is 13.5. The predicted molar refractivity (Wildman–Crippen MR) is 107 cm³/mol. The van der Waals surface area contributed by atoms with E-state index in [2.05, 4.69) is 9.97 Å². The molecule has 1 aromatic carbocycles. The van der Waals surface area contributed by atoms with Crippen molar-refractivity contribution in [1.82, 2.24) is 14.5 Å².